The molecule has 2 heterocycles. The Morgan fingerprint density at radius 1 is 0.571 bits per heavy atom. The zero-order valence-corrected chi connectivity index (χ0v) is 26.5. The smallest absolute Gasteiger partial charge is 0.168 e. The molecule has 232 valence electrons. The number of benzene rings is 6. The van der Waals surface area contributed by atoms with E-state index < -0.39 is 5.54 Å². The van der Waals surface area contributed by atoms with Crippen molar-refractivity contribution < 1.29 is 0 Å². The van der Waals surface area contributed by atoms with Gasteiger partial charge in [-0.1, -0.05) is 169 Å². The number of nitrogens with zero attached hydrogens (tertiary/aromatic N) is 5. The van der Waals surface area contributed by atoms with Gasteiger partial charge >= 0.3 is 0 Å². The Labute approximate surface area is 284 Å². The second-order valence-electron chi connectivity index (χ2n) is 11.8. The van der Waals surface area contributed by atoms with E-state index >= 15 is 0 Å². The number of aromatic nitrogens is 5. The van der Waals surface area contributed by atoms with Crippen molar-refractivity contribution in [2.45, 2.75) is 5.54 Å². The molecule has 6 aromatic carbocycles. The molecule has 6 nitrogen and oxygen atoms in total. The maximum absolute atomic E-state index is 10.7. The third kappa shape index (κ3) is 5.40. The Bertz CT molecular complexity index is 2290. The lowest BCUT2D eigenvalue weighted by atomic mass is 9.77. The first-order valence-electron chi connectivity index (χ1n) is 16.1. The fourth-order valence-corrected chi connectivity index (χ4v) is 6.50. The summed E-state index contributed by atoms with van der Waals surface area (Å²) in [5, 5.41) is 20.0. The lowest BCUT2D eigenvalue weighted by molar-refractivity contribution is 0.442. The van der Waals surface area contributed by atoms with Crippen LogP contribution in [0.15, 0.2) is 164 Å². The SMILES string of the molecule is N#Cc1c(-c2ccc(C=Cc3ccc(-c4nc5ccccc5[nH]4)cc3)cc2)nnn1C(c1ccccc1)(c1ccccc1)c1ccccc1. The standard InChI is InChI=1S/C43H30N6/c44-30-40-41(47-48-49(40)43(35-12-4-1-5-13-35,36-14-6-2-7-15-36)37-16-8-3-9-17-37)33-26-22-31(23-27-33)20-21-32-24-28-34(29-25-32)42-45-38-18-10-11-19-39(38)46-42/h1-29H,(H,45,46). The van der Waals surface area contributed by atoms with Gasteiger partial charge in [0.25, 0.3) is 0 Å². The molecule has 0 radical (unpaired) electrons. The van der Waals surface area contributed by atoms with Crippen LogP contribution in [0.1, 0.15) is 33.5 Å². The highest BCUT2D eigenvalue weighted by atomic mass is 15.5. The van der Waals surface area contributed by atoms with Gasteiger partial charge in [-0.15, -0.1) is 5.10 Å². The molecule has 0 atom stereocenters. The van der Waals surface area contributed by atoms with Gasteiger partial charge in [0.1, 0.15) is 23.1 Å². The molecule has 0 saturated carbocycles. The molecule has 0 aliphatic carbocycles. The van der Waals surface area contributed by atoms with Crippen molar-refractivity contribution in [3.8, 4) is 28.7 Å². The first-order valence-corrected chi connectivity index (χ1v) is 16.1. The molecule has 0 saturated heterocycles. The molecular formula is C43H30N6. The van der Waals surface area contributed by atoms with Gasteiger partial charge in [-0.3, -0.25) is 0 Å². The van der Waals surface area contributed by atoms with Gasteiger partial charge in [0.15, 0.2) is 5.69 Å². The lowest BCUT2D eigenvalue weighted by Crippen LogP contribution is -2.39. The van der Waals surface area contributed by atoms with Crippen LogP contribution in [0.25, 0.3) is 45.8 Å². The van der Waals surface area contributed by atoms with E-state index in [2.05, 4.69) is 89.0 Å². The minimum Gasteiger partial charge on any atom is -0.338 e. The second-order valence-corrected chi connectivity index (χ2v) is 11.8. The minimum atomic E-state index is -0.928. The molecule has 49 heavy (non-hydrogen) atoms. The number of nitrogens with one attached hydrogen (secondary N) is 1. The van der Waals surface area contributed by atoms with Gasteiger partial charge < -0.3 is 4.98 Å². The third-order valence-corrected chi connectivity index (χ3v) is 8.89. The minimum absolute atomic E-state index is 0.379. The topological polar surface area (TPSA) is 83.2 Å². The predicted molar refractivity (Wildman–Crippen MR) is 195 cm³/mol. The quantitative estimate of drug-likeness (QED) is 0.134. The first-order chi connectivity index (χ1) is 24.2. The van der Waals surface area contributed by atoms with Gasteiger partial charge in [-0.25, -0.2) is 9.67 Å². The zero-order valence-electron chi connectivity index (χ0n) is 26.5. The molecule has 8 aromatic rings. The Hall–Kier alpha value is -6.84. The van der Waals surface area contributed by atoms with Crippen LogP contribution in [-0.4, -0.2) is 25.0 Å². The molecule has 6 heteroatoms. The van der Waals surface area contributed by atoms with E-state index in [1.54, 1.807) is 4.68 Å². The molecule has 0 amide bonds. The number of rotatable bonds is 8. The van der Waals surface area contributed by atoms with Crippen molar-refractivity contribution in [2.24, 2.45) is 0 Å². The largest absolute Gasteiger partial charge is 0.338 e. The summed E-state index contributed by atoms with van der Waals surface area (Å²) in [5.41, 5.74) is 8.87. The Morgan fingerprint density at radius 2 is 1.06 bits per heavy atom. The molecule has 0 unspecified atom stereocenters. The molecule has 0 spiro atoms. The number of imidazole rings is 1. The summed E-state index contributed by atoms with van der Waals surface area (Å²) in [6.07, 6.45) is 4.16. The predicted octanol–water partition coefficient (Wildman–Crippen LogP) is 9.37. The Morgan fingerprint density at radius 3 is 1.57 bits per heavy atom. The molecule has 0 aliphatic rings. The van der Waals surface area contributed by atoms with Gasteiger partial charge in [-0.05, 0) is 39.9 Å². The number of aromatic amines is 1. The molecule has 1 N–H and O–H groups in total. The second kappa shape index (κ2) is 12.7. The monoisotopic (exact) mass is 630 g/mol. The van der Waals surface area contributed by atoms with E-state index in [4.69, 9.17) is 10.2 Å². The summed E-state index contributed by atoms with van der Waals surface area (Å²) in [6.45, 7) is 0. The first kappa shape index (κ1) is 29.6. The fourth-order valence-electron chi connectivity index (χ4n) is 6.50. The van der Waals surface area contributed by atoms with Crippen LogP contribution >= 0.6 is 0 Å². The summed E-state index contributed by atoms with van der Waals surface area (Å²) in [4.78, 5) is 8.10. The van der Waals surface area contributed by atoms with Crippen LogP contribution in [-0.2, 0) is 5.54 Å². The number of para-hydroxylation sites is 2. The Kier molecular flexibility index (Phi) is 7.69. The van der Waals surface area contributed by atoms with Crippen LogP contribution in [0.3, 0.4) is 0 Å². The van der Waals surface area contributed by atoms with Gasteiger partial charge in [0.05, 0.1) is 11.0 Å². The van der Waals surface area contributed by atoms with Gasteiger partial charge in [-0.2, -0.15) is 5.26 Å². The highest BCUT2D eigenvalue weighted by Crippen LogP contribution is 2.42. The zero-order chi connectivity index (χ0) is 33.0. The van der Waals surface area contributed by atoms with E-state index in [0.717, 1.165) is 55.8 Å². The van der Waals surface area contributed by atoms with Crippen LogP contribution in [0.4, 0.5) is 0 Å². The van der Waals surface area contributed by atoms with Crippen molar-refractivity contribution in [3.63, 3.8) is 0 Å². The number of hydrogen-bond donors (Lipinski definition) is 1. The summed E-state index contributed by atoms with van der Waals surface area (Å²) >= 11 is 0. The molecule has 2 aromatic heterocycles. The van der Waals surface area contributed by atoms with Crippen LogP contribution in [0.2, 0.25) is 0 Å². The van der Waals surface area contributed by atoms with Gasteiger partial charge in [0.2, 0.25) is 0 Å². The molecular weight excluding hydrogens is 601 g/mol. The number of fused-ring (bicyclic) bond motifs is 1. The number of H-pyrrole nitrogens is 1. The Balaban J connectivity index is 1.12. The molecule has 0 bridgehead atoms. The van der Waals surface area contributed by atoms with Crippen molar-refractivity contribution in [2.75, 3.05) is 0 Å². The van der Waals surface area contributed by atoms with E-state index in [1.807, 2.05) is 103 Å². The summed E-state index contributed by atoms with van der Waals surface area (Å²) in [7, 11) is 0. The van der Waals surface area contributed by atoms with E-state index in [0.29, 0.717) is 11.4 Å². The summed E-state index contributed by atoms with van der Waals surface area (Å²) in [6, 6.07) is 57.4. The van der Waals surface area contributed by atoms with Crippen molar-refractivity contribution >= 4 is 23.2 Å². The summed E-state index contributed by atoms with van der Waals surface area (Å²) in [5.74, 6) is 0.856. The maximum Gasteiger partial charge on any atom is 0.168 e. The van der Waals surface area contributed by atoms with E-state index in [-0.39, 0.29) is 0 Å². The van der Waals surface area contributed by atoms with E-state index in [1.165, 1.54) is 0 Å². The average Bonchev–Trinajstić information content (AvgIpc) is 3.81. The van der Waals surface area contributed by atoms with Crippen LogP contribution < -0.4 is 0 Å². The van der Waals surface area contributed by atoms with Gasteiger partial charge in [0, 0.05) is 11.1 Å². The third-order valence-electron chi connectivity index (χ3n) is 8.89. The van der Waals surface area contributed by atoms with Crippen LogP contribution in [0.5, 0.6) is 0 Å². The summed E-state index contributed by atoms with van der Waals surface area (Å²) < 4.78 is 1.78. The highest BCUT2D eigenvalue weighted by Gasteiger charge is 2.42. The fraction of sp³-hybridized carbons (Fsp3) is 0.0233. The lowest BCUT2D eigenvalue weighted by Gasteiger charge is -2.36. The molecule has 8 rings (SSSR count). The van der Waals surface area contributed by atoms with Crippen molar-refractivity contribution in [3.05, 3.63) is 197 Å². The van der Waals surface area contributed by atoms with Crippen molar-refractivity contribution in [1.29, 1.82) is 5.26 Å². The van der Waals surface area contributed by atoms with Crippen LogP contribution in [0, 0.1) is 11.3 Å². The highest BCUT2D eigenvalue weighted by molar-refractivity contribution is 5.80. The normalized spacial score (nSPS) is 11.6. The van der Waals surface area contributed by atoms with Crippen molar-refractivity contribution in [1.82, 2.24) is 25.0 Å². The van der Waals surface area contributed by atoms with E-state index in [9.17, 15) is 5.26 Å². The maximum atomic E-state index is 10.7. The molecule has 0 aliphatic heterocycles. The average molecular weight is 631 g/mol. The molecule has 0 fully saturated rings. The number of nitriles is 1. The number of hydrogen-bond acceptors (Lipinski definition) is 4.